The maximum Gasteiger partial charge on any atom is 0.341 e. The molecule has 0 saturated carbocycles. The molecular weight excluding hydrogens is 457 g/mol. The lowest BCUT2D eigenvalue weighted by Crippen LogP contribution is -3.00. The monoisotopic (exact) mass is 473 g/mol. The van der Waals surface area contributed by atoms with Crippen molar-refractivity contribution in [2.75, 3.05) is 11.9 Å². The van der Waals surface area contributed by atoms with Crippen LogP contribution in [-0.4, -0.2) is 23.1 Å². The molecule has 6 nitrogen and oxygen atoms in total. The van der Waals surface area contributed by atoms with Crippen LogP contribution < -0.4 is 22.3 Å². The standard InChI is InChI=1S/C19H17Cl2N3O3S.ClH/c1-3-27-19(26)16-15(12-7-5-4-6-8-12)17(21)28-18(16)22-14(25)10-24-9-13(20)23(2)11-24;/h4-9,11H,3,10H2,1-2H3;1H. The topological polar surface area (TPSA) is 64.2 Å². The molecule has 0 saturated heterocycles. The van der Waals surface area contributed by atoms with E-state index in [1.165, 1.54) is 0 Å². The molecule has 0 radical (unpaired) electrons. The SMILES string of the molecule is CCOC(=O)c1c(NC(=O)C[n+]2cc(Cl)n(C)c2)sc(Cl)c1-c1ccccc1.[Cl-]. The highest BCUT2D eigenvalue weighted by Crippen LogP contribution is 2.43. The average Bonchev–Trinajstić information content (AvgIpc) is 3.14. The van der Waals surface area contributed by atoms with E-state index in [9.17, 15) is 9.59 Å². The Balaban J connectivity index is 0.00000300. The van der Waals surface area contributed by atoms with Crippen molar-refractivity contribution in [1.82, 2.24) is 4.57 Å². The van der Waals surface area contributed by atoms with Crippen LogP contribution in [0.2, 0.25) is 9.49 Å². The van der Waals surface area contributed by atoms with Gasteiger partial charge in [0.05, 0.1) is 13.7 Å². The zero-order valence-corrected chi connectivity index (χ0v) is 18.7. The summed E-state index contributed by atoms with van der Waals surface area (Å²) in [6.45, 7) is 1.98. The van der Waals surface area contributed by atoms with Crippen molar-refractivity contribution < 1.29 is 31.3 Å². The van der Waals surface area contributed by atoms with Gasteiger partial charge in [0.2, 0.25) is 11.5 Å². The molecule has 1 N–H and O–H groups in total. The molecule has 2 aromatic heterocycles. The number of halogens is 3. The largest absolute Gasteiger partial charge is 1.00 e. The molecule has 0 bridgehead atoms. The first-order chi connectivity index (χ1) is 13.4. The minimum Gasteiger partial charge on any atom is -1.00 e. The van der Waals surface area contributed by atoms with Crippen molar-refractivity contribution in [2.45, 2.75) is 13.5 Å². The molecule has 0 fully saturated rings. The van der Waals surface area contributed by atoms with Gasteiger partial charge >= 0.3 is 5.97 Å². The van der Waals surface area contributed by atoms with Crippen molar-refractivity contribution in [3.05, 3.63) is 57.9 Å². The summed E-state index contributed by atoms with van der Waals surface area (Å²) in [5.41, 5.74) is 1.58. The van der Waals surface area contributed by atoms with E-state index in [0.29, 0.717) is 20.1 Å². The zero-order valence-electron chi connectivity index (χ0n) is 15.6. The number of rotatable bonds is 6. The highest BCUT2D eigenvalue weighted by atomic mass is 35.5. The number of nitrogens with zero attached hydrogens (tertiary/aromatic N) is 2. The summed E-state index contributed by atoms with van der Waals surface area (Å²) in [5, 5.41) is 3.64. The number of hydrogen-bond donors (Lipinski definition) is 1. The molecule has 10 heteroatoms. The zero-order chi connectivity index (χ0) is 20.3. The maximum absolute atomic E-state index is 12.6. The number of thiophene rings is 1. The van der Waals surface area contributed by atoms with E-state index < -0.39 is 5.97 Å². The molecule has 1 amide bonds. The Bertz CT molecular complexity index is 999. The van der Waals surface area contributed by atoms with E-state index in [1.807, 2.05) is 30.3 Å². The van der Waals surface area contributed by atoms with Crippen molar-refractivity contribution in [3.63, 3.8) is 0 Å². The van der Waals surface area contributed by atoms with Gasteiger partial charge < -0.3 is 22.5 Å². The fraction of sp³-hybridized carbons (Fsp3) is 0.211. The number of nitrogens with one attached hydrogen (secondary N) is 1. The second-order valence-electron chi connectivity index (χ2n) is 5.94. The molecule has 0 spiro atoms. The number of imidazole rings is 1. The molecule has 2 heterocycles. The molecular formula is C19H18Cl3N3O3S. The quantitative estimate of drug-likeness (QED) is 0.431. The number of carbonyl (C=O) groups is 2. The van der Waals surface area contributed by atoms with Crippen molar-refractivity contribution in [2.24, 2.45) is 7.05 Å². The first kappa shape index (κ1) is 23.2. The number of amides is 1. The third-order valence-electron chi connectivity index (χ3n) is 3.92. The predicted octanol–water partition coefficient (Wildman–Crippen LogP) is 1.17. The Morgan fingerprint density at radius 2 is 1.93 bits per heavy atom. The van der Waals surface area contributed by atoms with Crippen LogP contribution in [0.5, 0.6) is 0 Å². The summed E-state index contributed by atoms with van der Waals surface area (Å²) < 4.78 is 8.93. The minimum absolute atomic E-state index is 0. The van der Waals surface area contributed by atoms with Gasteiger partial charge in [-0.25, -0.2) is 13.9 Å². The summed E-state index contributed by atoms with van der Waals surface area (Å²) in [7, 11) is 1.78. The van der Waals surface area contributed by atoms with Crippen LogP contribution in [0.3, 0.4) is 0 Å². The summed E-state index contributed by atoms with van der Waals surface area (Å²) in [6.07, 6.45) is 3.34. The molecule has 0 aliphatic carbocycles. The van der Waals surface area contributed by atoms with Gasteiger partial charge in [0.1, 0.15) is 21.1 Å². The Hall–Kier alpha value is -2.06. The second kappa shape index (κ2) is 10.1. The Labute approximate surface area is 188 Å². The fourth-order valence-electron chi connectivity index (χ4n) is 2.71. The highest BCUT2D eigenvalue weighted by Gasteiger charge is 2.26. The maximum atomic E-state index is 12.6. The Kier molecular flexibility index (Phi) is 8.10. The van der Waals surface area contributed by atoms with Crippen LogP contribution in [0.1, 0.15) is 17.3 Å². The Morgan fingerprint density at radius 3 is 2.52 bits per heavy atom. The first-order valence-corrected chi connectivity index (χ1v) is 10.0. The lowest BCUT2D eigenvalue weighted by Gasteiger charge is -2.08. The number of benzene rings is 1. The third kappa shape index (κ3) is 5.30. The van der Waals surface area contributed by atoms with E-state index in [2.05, 4.69) is 5.32 Å². The van der Waals surface area contributed by atoms with E-state index in [1.54, 1.807) is 35.6 Å². The molecule has 3 aromatic rings. The van der Waals surface area contributed by atoms with Gasteiger partial charge in [-0.1, -0.05) is 41.9 Å². The van der Waals surface area contributed by atoms with E-state index in [0.717, 1.165) is 16.9 Å². The third-order valence-corrected chi connectivity index (χ3v) is 5.60. The number of anilines is 1. The van der Waals surface area contributed by atoms with E-state index in [-0.39, 0.29) is 37.0 Å². The fourth-order valence-corrected chi connectivity index (χ4v) is 4.27. The van der Waals surface area contributed by atoms with Gasteiger partial charge in [-0.05, 0) is 24.1 Å². The van der Waals surface area contributed by atoms with Crippen LogP contribution in [0.4, 0.5) is 5.00 Å². The number of esters is 1. The number of carbonyl (C=O) groups excluding carboxylic acids is 2. The van der Waals surface area contributed by atoms with E-state index >= 15 is 0 Å². The number of hydrogen-bond acceptors (Lipinski definition) is 4. The molecule has 29 heavy (non-hydrogen) atoms. The lowest BCUT2D eigenvalue weighted by atomic mass is 10.0. The van der Waals surface area contributed by atoms with E-state index in [4.69, 9.17) is 27.9 Å². The molecule has 154 valence electrons. The van der Waals surface area contributed by atoms with Gasteiger partial charge in [-0.3, -0.25) is 4.79 Å². The normalized spacial score (nSPS) is 10.3. The van der Waals surface area contributed by atoms with Crippen LogP contribution >= 0.6 is 34.5 Å². The summed E-state index contributed by atoms with van der Waals surface area (Å²) in [4.78, 5) is 25.1. The second-order valence-corrected chi connectivity index (χ2v) is 7.95. The van der Waals surface area contributed by atoms with Gasteiger partial charge in [0.15, 0.2) is 6.54 Å². The molecule has 0 unspecified atom stereocenters. The van der Waals surface area contributed by atoms with Gasteiger partial charge in [0, 0.05) is 5.56 Å². The van der Waals surface area contributed by atoms with Crippen LogP contribution in [-0.2, 0) is 23.1 Å². The van der Waals surface area contributed by atoms with Gasteiger partial charge in [0.25, 0.3) is 5.91 Å². The smallest absolute Gasteiger partial charge is 0.341 e. The van der Waals surface area contributed by atoms with Gasteiger partial charge in [-0.15, -0.1) is 11.3 Å². The predicted molar refractivity (Wildman–Crippen MR) is 110 cm³/mol. The highest BCUT2D eigenvalue weighted by molar-refractivity contribution is 7.21. The number of ether oxygens (including phenoxy) is 1. The Morgan fingerprint density at radius 1 is 1.24 bits per heavy atom. The van der Waals surface area contributed by atoms with Crippen LogP contribution in [0.25, 0.3) is 11.1 Å². The van der Waals surface area contributed by atoms with Crippen molar-refractivity contribution >= 4 is 51.4 Å². The van der Waals surface area contributed by atoms with Crippen molar-refractivity contribution in [3.8, 4) is 11.1 Å². The summed E-state index contributed by atoms with van der Waals surface area (Å²) >= 11 is 13.6. The minimum atomic E-state index is -0.532. The first-order valence-electron chi connectivity index (χ1n) is 8.46. The lowest BCUT2D eigenvalue weighted by molar-refractivity contribution is -0.683. The van der Waals surface area contributed by atoms with Crippen molar-refractivity contribution in [1.29, 1.82) is 0 Å². The molecule has 3 rings (SSSR count). The van der Waals surface area contributed by atoms with Crippen LogP contribution in [0, 0.1) is 0 Å². The summed E-state index contributed by atoms with van der Waals surface area (Å²) in [6, 6.07) is 9.28. The molecule has 0 atom stereocenters. The summed E-state index contributed by atoms with van der Waals surface area (Å²) in [5.74, 6) is -0.842. The molecule has 0 aliphatic heterocycles. The van der Waals surface area contributed by atoms with Crippen LogP contribution in [0.15, 0.2) is 42.9 Å². The molecule has 0 aliphatic rings. The number of aryl methyl sites for hydroxylation is 1. The molecule has 1 aromatic carbocycles. The average molecular weight is 475 g/mol. The number of aromatic nitrogens is 2. The van der Waals surface area contributed by atoms with Gasteiger partial charge in [-0.2, -0.15) is 0 Å².